The molecule has 1 aromatic heterocycles. The Morgan fingerprint density at radius 1 is 1.55 bits per heavy atom. The lowest BCUT2D eigenvalue weighted by Gasteiger charge is -2.30. The number of halogens is 1. The van der Waals surface area contributed by atoms with Gasteiger partial charge in [-0.1, -0.05) is 0 Å². The number of fused-ring (bicyclic) bond motifs is 1. The van der Waals surface area contributed by atoms with E-state index in [1.54, 1.807) is 11.1 Å². The molecule has 0 unspecified atom stereocenters. The molecule has 1 fully saturated rings. The highest BCUT2D eigenvalue weighted by atomic mass is 19.1. The lowest BCUT2D eigenvalue weighted by atomic mass is 9.94. The van der Waals surface area contributed by atoms with Crippen LogP contribution in [-0.4, -0.2) is 48.2 Å². The van der Waals surface area contributed by atoms with Gasteiger partial charge >= 0.3 is 0 Å². The molecule has 0 saturated carbocycles. The van der Waals surface area contributed by atoms with Gasteiger partial charge in [-0.05, 0) is 13.0 Å². The number of amides is 1. The van der Waals surface area contributed by atoms with Crippen LogP contribution in [0.4, 0.5) is 4.39 Å². The summed E-state index contributed by atoms with van der Waals surface area (Å²) >= 11 is 0. The van der Waals surface area contributed by atoms with Gasteiger partial charge in [-0.15, -0.1) is 0 Å². The number of nitriles is 1. The molecule has 6 nitrogen and oxygen atoms in total. The molecular weight excluding hydrogens is 287 g/mol. The molecule has 0 radical (unpaired) electrons. The van der Waals surface area contributed by atoms with Crippen molar-refractivity contribution in [2.75, 3.05) is 26.2 Å². The third-order valence-corrected chi connectivity index (χ3v) is 4.10. The van der Waals surface area contributed by atoms with Gasteiger partial charge in [-0.2, -0.15) is 5.26 Å². The van der Waals surface area contributed by atoms with Gasteiger partial charge in [0.1, 0.15) is 30.2 Å². The molecule has 3 heterocycles. The fourth-order valence-corrected chi connectivity index (χ4v) is 2.92. The minimum atomic E-state index is -1.16. The Morgan fingerprint density at radius 3 is 3.18 bits per heavy atom. The van der Waals surface area contributed by atoms with E-state index in [9.17, 15) is 9.18 Å². The summed E-state index contributed by atoms with van der Waals surface area (Å²) < 4.78 is 19.6. The topological polar surface area (TPSA) is 78.2 Å². The van der Waals surface area contributed by atoms with E-state index in [-0.39, 0.29) is 12.5 Å². The SMILES string of the molecule is N#Cc1cncc2c1OCCN(C(=O)[C@@H]1CCNC[C@@H]1F)C2. The number of nitrogens with zero attached hydrogens (tertiary/aromatic N) is 3. The van der Waals surface area contributed by atoms with Gasteiger partial charge in [0, 0.05) is 24.5 Å². The number of hydrogen-bond acceptors (Lipinski definition) is 5. The molecule has 1 saturated heterocycles. The molecule has 2 atom stereocenters. The lowest BCUT2D eigenvalue weighted by Crippen LogP contribution is -2.47. The van der Waals surface area contributed by atoms with Crippen molar-refractivity contribution < 1.29 is 13.9 Å². The van der Waals surface area contributed by atoms with E-state index in [1.165, 1.54) is 6.20 Å². The number of hydrogen-bond donors (Lipinski definition) is 1. The molecular formula is C15H17FN4O2. The van der Waals surface area contributed by atoms with Crippen LogP contribution in [0.15, 0.2) is 12.4 Å². The van der Waals surface area contributed by atoms with Crippen LogP contribution in [0.1, 0.15) is 17.5 Å². The zero-order valence-corrected chi connectivity index (χ0v) is 12.1. The van der Waals surface area contributed by atoms with Crippen LogP contribution in [0.25, 0.3) is 0 Å². The van der Waals surface area contributed by atoms with Gasteiger partial charge in [-0.25, -0.2) is 4.39 Å². The largest absolute Gasteiger partial charge is 0.490 e. The lowest BCUT2D eigenvalue weighted by molar-refractivity contribution is -0.139. The van der Waals surface area contributed by atoms with Gasteiger partial charge in [-0.3, -0.25) is 9.78 Å². The summed E-state index contributed by atoms with van der Waals surface area (Å²) in [6.07, 6.45) is 2.38. The van der Waals surface area contributed by atoms with E-state index in [0.29, 0.717) is 49.5 Å². The van der Waals surface area contributed by atoms with Crippen LogP contribution in [0.2, 0.25) is 0 Å². The Morgan fingerprint density at radius 2 is 2.41 bits per heavy atom. The highest BCUT2D eigenvalue weighted by Gasteiger charge is 2.35. The number of alkyl halides is 1. The quantitative estimate of drug-likeness (QED) is 0.823. The molecule has 1 N–H and O–H groups in total. The molecule has 0 aromatic carbocycles. The number of carbonyl (C=O) groups excluding carboxylic acids is 1. The number of aromatic nitrogens is 1. The van der Waals surface area contributed by atoms with Crippen LogP contribution in [-0.2, 0) is 11.3 Å². The maximum absolute atomic E-state index is 14.0. The number of piperidine rings is 1. The Hall–Kier alpha value is -2.20. The summed E-state index contributed by atoms with van der Waals surface area (Å²) in [5.41, 5.74) is 1.05. The summed E-state index contributed by atoms with van der Waals surface area (Å²) in [7, 11) is 0. The van der Waals surface area contributed by atoms with Gasteiger partial charge in [0.25, 0.3) is 0 Å². The molecule has 0 spiro atoms. The first-order valence-electron chi connectivity index (χ1n) is 7.34. The predicted molar refractivity (Wildman–Crippen MR) is 75.7 cm³/mol. The van der Waals surface area contributed by atoms with Crippen LogP contribution in [0.5, 0.6) is 5.75 Å². The van der Waals surface area contributed by atoms with Gasteiger partial charge in [0.05, 0.1) is 19.0 Å². The molecule has 1 aromatic rings. The van der Waals surface area contributed by atoms with E-state index < -0.39 is 12.1 Å². The van der Waals surface area contributed by atoms with Crippen molar-refractivity contribution in [3.05, 3.63) is 23.5 Å². The Bertz CT molecular complexity index is 616. The first-order chi connectivity index (χ1) is 10.7. The van der Waals surface area contributed by atoms with Gasteiger partial charge < -0.3 is 15.0 Å². The van der Waals surface area contributed by atoms with Crippen molar-refractivity contribution in [3.8, 4) is 11.8 Å². The second kappa shape index (κ2) is 6.28. The number of ether oxygens (including phenoxy) is 1. The smallest absolute Gasteiger partial charge is 0.229 e. The standard InChI is InChI=1S/C15H17FN4O2/c16-13-8-18-2-1-12(13)15(21)20-3-4-22-14-10(5-17)6-19-7-11(14)9-20/h6-7,12-13,18H,1-4,8-9H2/t12-,13+/m1/s1. The summed E-state index contributed by atoms with van der Waals surface area (Å²) in [4.78, 5) is 18.2. The fourth-order valence-electron chi connectivity index (χ4n) is 2.92. The minimum absolute atomic E-state index is 0.187. The van der Waals surface area contributed by atoms with Crippen LogP contribution in [0, 0.1) is 17.2 Å². The molecule has 3 rings (SSSR count). The molecule has 1 amide bonds. The summed E-state index contributed by atoms with van der Waals surface area (Å²) in [6.45, 7) is 1.84. The highest BCUT2D eigenvalue weighted by Crippen LogP contribution is 2.28. The molecule has 0 bridgehead atoms. The fraction of sp³-hybridized carbons (Fsp3) is 0.533. The molecule has 22 heavy (non-hydrogen) atoms. The second-order valence-corrected chi connectivity index (χ2v) is 5.51. The van der Waals surface area contributed by atoms with Crippen LogP contribution < -0.4 is 10.1 Å². The number of rotatable bonds is 1. The molecule has 2 aliphatic rings. The predicted octanol–water partition coefficient (Wildman–Crippen LogP) is 0.622. The van der Waals surface area contributed by atoms with Crippen molar-refractivity contribution in [1.29, 1.82) is 5.26 Å². The van der Waals surface area contributed by atoms with E-state index in [4.69, 9.17) is 10.00 Å². The van der Waals surface area contributed by atoms with Crippen LogP contribution in [0.3, 0.4) is 0 Å². The van der Waals surface area contributed by atoms with E-state index >= 15 is 0 Å². The number of carbonyl (C=O) groups is 1. The Kier molecular flexibility index (Phi) is 4.20. The van der Waals surface area contributed by atoms with Crippen molar-refractivity contribution in [2.45, 2.75) is 19.1 Å². The van der Waals surface area contributed by atoms with Crippen LogP contribution >= 0.6 is 0 Å². The first-order valence-corrected chi connectivity index (χ1v) is 7.34. The Labute approximate surface area is 127 Å². The van der Waals surface area contributed by atoms with Crippen molar-refractivity contribution >= 4 is 5.91 Å². The van der Waals surface area contributed by atoms with E-state index in [2.05, 4.69) is 10.3 Å². The zero-order chi connectivity index (χ0) is 15.5. The molecule has 0 aliphatic carbocycles. The van der Waals surface area contributed by atoms with Crippen molar-refractivity contribution in [2.24, 2.45) is 5.92 Å². The number of nitrogens with one attached hydrogen (secondary N) is 1. The highest BCUT2D eigenvalue weighted by molar-refractivity contribution is 5.80. The average molecular weight is 304 g/mol. The maximum Gasteiger partial charge on any atom is 0.229 e. The Balaban J connectivity index is 1.81. The van der Waals surface area contributed by atoms with Gasteiger partial charge in [0.2, 0.25) is 5.91 Å². The van der Waals surface area contributed by atoms with Crippen molar-refractivity contribution in [3.63, 3.8) is 0 Å². The minimum Gasteiger partial charge on any atom is -0.490 e. The maximum atomic E-state index is 14.0. The van der Waals surface area contributed by atoms with Gasteiger partial charge in [0.15, 0.2) is 0 Å². The third kappa shape index (κ3) is 2.74. The number of pyridine rings is 1. The summed E-state index contributed by atoms with van der Waals surface area (Å²) in [6, 6.07) is 2.04. The van der Waals surface area contributed by atoms with E-state index in [0.717, 1.165) is 0 Å². The third-order valence-electron chi connectivity index (χ3n) is 4.10. The zero-order valence-electron chi connectivity index (χ0n) is 12.1. The average Bonchev–Trinajstić information content (AvgIpc) is 2.76. The summed E-state index contributed by atoms with van der Waals surface area (Å²) in [5, 5.41) is 12.0. The molecule has 116 valence electrons. The second-order valence-electron chi connectivity index (χ2n) is 5.51. The van der Waals surface area contributed by atoms with E-state index in [1.807, 2.05) is 6.07 Å². The first kappa shape index (κ1) is 14.7. The normalized spacial score (nSPS) is 24.6. The molecule has 7 heteroatoms. The summed E-state index contributed by atoms with van der Waals surface area (Å²) in [5.74, 6) is -0.308. The monoisotopic (exact) mass is 304 g/mol. The van der Waals surface area contributed by atoms with Crippen molar-refractivity contribution in [1.82, 2.24) is 15.2 Å². The molecule has 2 aliphatic heterocycles.